The van der Waals surface area contributed by atoms with E-state index in [-0.39, 0.29) is 22.9 Å². The molecule has 0 spiro atoms. The topological polar surface area (TPSA) is 55.2 Å². The Morgan fingerprint density at radius 3 is 2.60 bits per heavy atom. The average Bonchev–Trinajstić information content (AvgIpc) is 2.39. The van der Waals surface area contributed by atoms with E-state index in [9.17, 15) is 18.9 Å². The first kappa shape index (κ1) is 14.2. The molecule has 104 valence electrons. The van der Waals surface area contributed by atoms with Gasteiger partial charge in [0.25, 0.3) is 5.69 Å². The number of non-ortho nitro benzene ring substituents is 1. The van der Waals surface area contributed by atoms with Gasteiger partial charge >= 0.3 is 0 Å². The minimum atomic E-state index is -0.709. The van der Waals surface area contributed by atoms with Crippen LogP contribution in [-0.4, -0.2) is 4.92 Å². The third kappa shape index (κ3) is 3.42. The maximum Gasteiger partial charge on any atom is 0.274 e. The van der Waals surface area contributed by atoms with Gasteiger partial charge in [-0.15, -0.1) is 0 Å². The van der Waals surface area contributed by atoms with Gasteiger partial charge in [-0.1, -0.05) is 17.7 Å². The van der Waals surface area contributed by atoms with Gasteiger partial charge < -0.3 is 5.32 Å². The normalized spacial score (nSPS) is 10.3. The fourth-order valence-corrected chi connectivity index (χ4v) is 1.84. The molecular weight excluding hydrogens is 290 g/mol. The number of nitro groups is 1. The fraction of sp³-hybridized carbons (Fsp3) is 0.0769. The molecule has 1 N–H and O–H groups in total. The minimum absolute atomic E-state index is 0.0190. The van der Waals surface area contributed by atoms with Crippen molar-refractivity contribution in [2.45, 2.75) is 6.54 Å². The largest absolute Gasteiger partial charge is 0.381 e. The van der Waals surface area contributed by atoms with Crippen LogP contribution in [0, 0.1) is 21.7 Å². The van der Waals surface area contributed by atoms with Crippen molar-refractivity contribution >= 4 is 23.0 Å². The van der Waals surface area contributed by atoms with Crippen LogP contribution in [0.5, 0.6) is 0 Å². The van der Waals surface area contributed by atoms with E-state index < -0.39 is 16.6 Å². The Bertz CT molecular complexity index is 665. The third-order valence-electron chi connectivity index (χ3n) is 2.57. The number of hydrogen-bond donors (Lipinski definition) is 1. The van der Waals surface area contributed by atoms with E-state index in [1.807, 2.05) is 0 Å². The molecule has 0 saturated heterocycles. The van der Waals surface area contributed by atoms with E-state index in [0.717, 1.165) is 12.1 Å². The summed E-state index contributed by atoms with van der Waals surface area (Å²) in [6.45, 7) is 0.237. The lowest BCUT2D eigenvalue weighted by molar-refractivity contribution is -0.385. The molecule has 2 rings (SSSR count). The number of halogens is 3. The van der Waals surface area contributed by atoms with Crippen LogP contribution in [0.4, 0.5) is 20.2 Å². The van der Waals surface area contributed by atoms with Crippen LogP contribution >= 0.6 is 11.6 Å². The maximum atomic E-state index is 13.2. The van der Waals surface area contributed by atoms with Gasteiger partial charge in [-0.05, 0) is 23.8 Å². The van der Waals surface area contributed by atoms with Gasteiger partial charge in [-0.2, -0.15) is 0 Å². The number of benzene rings is 2. The number of hydrogen-bond acceptors (Lipinski definition) is 3. The Kier molecular flexibility index (Phi) is 4.14. The Labute approximate surface area is 118 Å². The molecule has 0 fully saturated rings. The Morgan fingerprint density at radius 2 is 1.95 bits per heavy atom. The van der Waals surface area contributed by atoms with E-state index in [2.05, 4.69) is 5.32 Å². The summed E-state index contributed by atoms with van der Waals surface area (Å²) in [6.07, 6.45) is 0. The lowest BCUT2D eigenvalue weighted by atomic mass is 10.2. The summed E-state index contributed by atoms with van der Waals surface area (Å²) in [7, 11) is 0. The van der Waals surface area contributed by atoms with Crippen molar-refractivity contribution in [3.05, 3.63) is 68.7 Å². The molecule has 0 amide bonds. The third-order valence-corrected chi connectivity index (χ3v) is 2.86. The van der Waals surface area contributed by atoms with E-state index >= 15 is 0 Å². The molecule has 0 atom stereocenters. The molecule has 2 aromatic rings. The number of anilines is 1. The molecule has 0 saturated carbocycles. The molecule has 4 nitrogen and oxygen atoms in total. The van der Waals surface area contributed by atoms with Gasteiger partial charge in [0.15, 0.2) is 0 Å². The zero-order valence-corrected chi connectivity index (χ0v) is 10.8. The van der Waals surface area contributed by atoms with E-state index in [1.54, 1.807) is 0 Å². The molecule has 0 radical (unpaired) electrons. The maximum absolute atomic E-state index is 13.2. The Morgan fingerprint density at radius 1 is 1.20 bits per heavy atom. The van der Waals surface area contributed by atoms with Crippen LogP contribution in [0.25, 0.3) is 0 Å². The predicted molar refractivity (Wildman–Crippen MR) is 71.8 cm³/mol. The fourth-order valence-electron chi connectivity index (χ4n) is 1.64. The summed E-state index contributed by atoms with van der Waals surface area (Å²) in [5.41, 5.74) is 0.588. The summed E-state index contributed by atoms with van der Waals surface area (Å²) in [5.74, 6) is -1.24. The molecule has 0 unspecified atom stereocenters. The molecule has 2 aromatic carbocycles. The molecule has 7 heteroatoms. The van der Waals surface area contributed by atoms with Gasteiger partial charge in [0.05, 0.1) is 16.0 Å². The standard InChI is InChI=1S/C13H9ClF2N2O2/c14-12-3-8(1-2-13(12)16)7-17-10-4-9(15)5-11(6-10)18(19)20/h1-6,17H,7H2. The summed E-state index contributed by atoms with van der Waals surface area (Å²) in [4.78, 5) is 9.94. The highest BCUT2D eigenvalue weighted by Crippen LogP contribution is 2.21. The predicted octanol–water partition coefficient (Wildman–Crippen LogP) is 4.14. The second-order valence-corrected chi connectivity index (χ2v) is 4.46. The monoisotopic (exact) mass is 298 g/mol. The van der Waals surface area contributed by atoms with Crippen molar-refractivity contribution in [1.29, 1.82) is 0 Å². The summed E-state index contributed by atoms with van der Waals surface area (Å²) in [6, 6.07) is 7.35. The first-order chi connectivity index (χ1) is 9.45. The van der Waals surface area contributed by atoms with Gasteiger partial charge in [-0.3, -0.25) is 10.1 Å². The lowest BCUT2D eigenvalue weighted by Gasteiger charge is -2.07. The quantitative estimate of drug-likeness (QED) is 0.682. The van der Waals surface area contributed by atoms with Crippen molar-refractivity contribution in [3.8, 4) is 0 Å². The van der Waals surface area contributed by atoms with Crippen molar-refractivity contribution < 1.29 is 13.7 Å². The van der Waals surface area contributed by atoms with Crippen LogP contribution in [-0.2, 0) is 6.54 Å². The molecular formula is C13H9ClF2N2O2. The summed E-state index contributed by atoms with van der Waals surface area (Å²) in [5, 5.41) is 13.4. The highest BCUT2D eigenvalue weighted by Gasteiger charge is 2.09. The minimum Gasteiger partial charge on any atom is -0.381 e. The summed E-state index contributed by atoms with van der Waals surface area (Å²) < 4.78 is 26.2. The zero-order valence-electron chi connectivity index (χ0n) is 10.1. The first-order valence-corrected chi connectivity index (χ1v) is 5.96. The molecule has 0 aromatic heterocycles. The first-order valence-electron chi connectivity index (χ1n) is 5.58. The molecule has 0 bridgehead atoms. The Balaban J connectivity index is 2.14. The highest BCUT2D eigenvalue weighted by atomic mass is 35.5. The van der Waals surface area contributed by atoms with Gasteiger partial charge in [0.2, 0.25) is 0 Å². The van der Waals surface area contributed by atoms with Crippen LogP contribution in [0.15, 0.2) is 36.4 Å². The second kappa shape index (κ2) is 5.83. The number of nitrogens with zero attached hydrogens (tertiary/aromatic N) is 1. The van der Waals surface area contributed by atoms with E-state index in [0.29, 0.717) is 5.56 Å². The van der Waals surface area contributed by atoms with Crippen molar-refractivity contribution in [3.63, 3.8) is 0 Å². The zero-order chi connectivity index (χ0) is 14.7. The van der Waals surface area contributed by atoms with Crippen molar-refractivity contribution in [2.24, 2.45) is 0 Å². The molecule has 0 aliphatic heterocycles. The molecule has 20 heavy (non-hydrogen) atoms. The lowest BCUT2D eigenvalue weighted by Crippen LogP contribution is -2.01. The van der Waals surface area contributed by atoms with Crippen LogP contribution < -0.4 is 5.32 Å². The van der Waals surface area contributed by atoms with E-state index in [4.69, 9.17) is 11.6 Å². The molecule has 0 aliphatic carbocycles. The molecule has 0 heterocycles. The van der Waals surface area contributed by atoms with Crippen LogP contribution in [0.2, 0.25) is 5.02 Å². The van der Waals surface area contributed by atoms with Crippen LogP contribution in [0.3, 0.4) is 0 Å². The smallest absolute Gasteiger partial charge is 0.274 e. The van der Waals surface area contributed by atoms with E-state index in [1.165, 1.54) is 24.3 Å². The van der Waals surface area contributed by atoms with Gasteiger partial charge in [-0.25, -0.2) is 8.78 Å². The van der Waals surface area contributed by atoms with Gasteiger partial charge in [0, 0.05) is 18.3 Å². The second-order valence-electron chi connectivity index (χ2n) is 4.06. The number of nitro benzene ring substituents is 1. The van der Waals surface area contributed by atoms with Crippen LogP contribution in [0.1, 0.15) is 5.56 Å². The van der Waals surface area contributed by atoms with Crippen molar-refractivity contribution in [2.75, 3.05) is 5.32 Å². The SMILES string of the molecule is O=[N+]([O-])c1cc(F)cc(NCc2ccc(F)c(Cl)c2)c1. The average molecular weight is 299 g/mol. The van der Waals surface area contributed by atoms with Crippen molar-refractivity contribution in [1.82, 2.24) is 0 Å². The Hall–Kier alpha value is -2.21. The summed E-state index contributed by atoms with van der Waals surface area (Å²) >= 11 is 5.64. The van der Waals surface area contributed by atoms with Gasteiger partial charge in [0.1, 0.15) is 11.6 Å². The number of rotatable bonds is 4. The molecule has 0 aliphatic rings. The number of nitrogens with one attached hydrogen (secondary N) is 1. The highest BCUT2D eigenvalue weighted by molar-refractivity contribution is 6.30.